The fraction of sp³-hybridized carbons (Fsp3) is 0.750. The maximum Gasteiger partial charge on any atom is 0.353 e. The number of hydrogen-bond donors (Lipinski definition) is 1. The number of fused-ring (bicyclic) bond motifs is 3. The van der Waals surface area contributed by atoms with Crippen LogP contribution in [0.3, 0.4) is 0 Å². The van der Waals surface area contributed by atoms with Crippen LogP contribution in [0, 0.1) is 17.3 Å². The van der Waals surface area contributed by atoms with Crippen molar-refractivity contribution in [3.63, 3.8) is 0 Å². The van der Waals surface area contributed by atoms with Crippen LogP contribution in [-0.2, 0) is 19.0 Å². The molecule has 3 fully saturated rings. The Kier molecular flexibility index (Phi) is 3.50. The molecule has 3 saturated heterocycles. The van der Waals surface area contributed by atoms with E-state index in [-0.39, 0.29) is 24.2 Å². The molecule has 1 N–H and O–H groups in total. The van der Waals surface area contributed by atoms with Gasteiger partial charge in [-0.15, -0.1) is 0 Å². The first-order valence-corrected chi connectivity index (χ1v) is 5.66. The molecule has 5 nitrogen and oxygen atoms in total. The highest BCUT2D eigenvalue weighted by atomic mass is 16.9. The number of carbonyl (C=O) groups excluding carboxylic acids is 1. The number of ketones is 1. The van der Waals surface area contributed by atoms with E-state index >= 15 is 0 Å². The molecule has 0 amide bonds. The third-order valence-electron chi connectivity index (χ3n) is 2.75. The number of ether oxygens (including phenoxy) is 3. The molecule has 94 valence electrons. The van der Waals surface area contributed by atoms with Crippen molar-refractivity contribution in [3.05, 3.63) is 0 Å². The van der Waals surface area contributed by atoms with Gasteiger partial charge in [0.05, 0.1) is 19.8 Å². The smallest absolute Gasteiger partial charge is 0.353 e. The zero-order chi connectivity index (χ0) is 12.4. The van der Waals surface area contributed by atoms with E-state index in [9.17, 15) is 4.79 Å². The molecule has 0 aromatic carbocycles. The lowest BCUT2D eigenvalue weighted by Gasteiger charge is -2.47. The molecule has 3 aliphatic rings. The lowest BCUT2D eigenvalue weighted by atomic mass is 9.92. The molecule has 0 saturated carbocycles. The minimum atomic E-state index is -1.35. The Morgan fingerprint density at radius 3 is 2.41 bits per heavy atom. The van der Waals surface area contributed by atoms with Gasteiger partial charge in [0.2, 0.25) is 5.78 Å². The highest BCUT2D eigenvalue weighted by Gasteiger charge is 2.49. The van der Waals surface area contributed by atoms with E-state index in [0.717, 1.165) is 0 Å². The largest absolute Gasteiger partial charge is 0.396 e. The number of rotatable bonds is 3. The molecule has 0 unspecified atom stereocenters. The molecule has 0 aromatic rings. The van der Waals surface area contributed by atoms with Crippen molar-refractivity contribution in [2.45, 2.75) is 25.7 Å². The molecular formula is C12H16O5. The predicted octanol–water partition coefficient (Wildman–Crippen LogP) is 0.0685. The SMILES string of the molecule is CC12COC(C#CC(=O)CCCO)(OC1)OC2. The van der Waals surface area contributed by atoms with E-state index in [1.165, 1.54) is 0 Å². The Hall–Kier alpha value is -0.930. The van der Waals surface area contributed by atoms with E-state index in [1.807, 2.05) is 6.92 Å². The molecular weight excluding hydrogens is 224 g/mol. The van der Waals surface area contributed by atoms with Crippen LogP contribution in [0.4, 0.5) is 0 Å². The fourth-order valence-corrected chi connectivity index (χ4v) is 1.61. The first kappa shape index (κ1) is 12.5. The fourth-order valence-electron chi connectivity index (χ4n) is 1.61. The standard InChI is InChI=1S/C12H16O5/c1-11-7-15-12(16-8-11,17-9-11)5-4-10(14)3-2-6-13/h13H,2-3,6-9H2,1H3. The molecule has 2 bridgehead atoms. The number of Topliss-reactive ketones (excluding diaryl/α,β-unsaturated/α-hetero) is 1. The van der Waals surface area contributed by atoms with Crippen molar-refractivity contribution in [2.24, 2.45) is 5.41 Å². The summed E-state index contributed by atoms with van der Waals surface area (Å²) in [5.41, 5.74) is -0.107. The van der Waals surface area contributed by atoms with Gasteiger partial charge in [0.25, 0.3) is 0 Å². The summed E-state index contributed by atoms with van der Waals surface area (Å²) in [7, 11) is 0. The summed E-state index contributed by atoms with van der Waals surface area (Å²) in [5, 5.41) is 8.59. The maximum atomic E-state index is 11.3. The highest BCUT2D eigenvalue weighted by molar-refractivity contribution is 5.95. The Balaban J connectivity index is 1.95. The summed E-state index contributed by atoms with van der Waals surface area (Å²) in [4.78, 5) is 11.3. The van der Waals surface area contributed by atoms with Crippen LogP contribution in [0.2, 0.25) is 0 Å². The van der Waals surface area contributed by atoms with Crippen LogP contribution in [0.1, 0.15) is 19.8 Å². The zero-order valence-electron chi connectivity index (χ0n) is 9.82. The van der Waals surface area contributed by atoms with Gasteiger partial charge in [-0.3, -0.25) is 4.79 Å². The van der Waals surface area contributed by atoms with E-state index in [0.29, 0.717) is 26.2 Å². The third-order valence-corrected chi connectivity index (χ3v) is 2.75. The zero-order valence-corrected chi connectivity index (χ0v) is 9.82. The second kappa shape index (κ2) is 4.75. The average Bonchev–Trinajstić information content (AvgIpc) is 2.36. The first-order chi connectivity index (χ1) is 8.08. The van der Waals surface area contributed by atoms with Gasteiger partial charge in [-0.1, -0.05) is 6.92 Å². The molecule has 0 aromatic heterocycles. The predicted molar refractivity (Wildman–Crippen MR) is 57.8 cm³/mol. The van der Waals surface area contributed by atoms with Gasteiger partial charge in [0.15, 0.2) is 0 Å². The average molecular weight is 240 g/mol. The molecule has 0 spiro atoms. The van der Waals surface area contributed by atoms with Crippen LogP contribution in [0.15, 0.2) is 0 Å². The van der Waals surface area contributed by atoms with Crippen molar-refractivity contribution in [2.75, 3.05) is 26.4 Å². The normalized spacial score (nSPS) is 35.2. The van der Waals surface area contributed by atoms with Gasteiger partial charge in [-0.2, -0.15) is 0 Å². The minimum Gasteiger partial charge on any atom is -0.396 e. The third kappa shape index (κ3) is 2.85. The highest BCUT2D eigenvalue weighted by Crippen LogP contribution is 2.37. The van der Waals surface area contributed by atoms with Crippen LogP contribution < -0.4 is 0 Å². The van der Waals surface area contributed by atoms with E-state index in [1.54, 1.807) is 0 Å². The van der Waals surface area contributed by atoms with Crippen molar-refractivity contribution < 1.29 is 24.1 Å². The molecule has 3 aliphatic heterocycles. The lowest BCUT2D eigenvalue weighted by molar-refractivity contribution is -0.436. The van der Waals surface area contributed by atoms with Crippen molar-refractivity contribution >= 4 is 5.78 Å². The van der Waals surface area contributed by atoms with E-state index < -0.39 is 5.97 Å². The van der Waals surface area contributed by atoms with Crippen molar-refractivity contribution in [1.29, 1.82) is 0 Å². The van der Waals surface area contributed by atoms with E-state index in [2.05, 4.69) is 11.8 Å². The molecule has 3 rings (SSSR count). The lowest BCUT2D eigenvalue weighted by Crippen LogP contribution is -2.58. The Labute approximate surface area is 100 Å². The van der Waals surface area contributed by atoms with Crippen LogP contribution in [0.5, 0.6) is 0 Å². The van der Waals surface area contributed by atoms with Gasteiger partial charge < -0.3 is 19.3 Å². The Bertz CT molecular complexity index is 340. The summed E-state index contributed by atoms with van der Waals surface area (Å²) >= 11 is 0. The molecule has 5 heteroatoms. The molecule has 0 atom stereocenters. The summed E-state index contributed by atoms with van der Waals surface area (Å²) in [6.07, 6.45) is 0.651. The number of aliphatic hydroxyl groups is 1. The summed E-state index contributed by atoms with van der Waals surface area (Å²) in [6, 6.07) is 0. The minimum absolute atomic E-state index is 0.0135. The second-order valence-corrected chi connectivity index (χ2v) is 4.73. The van der Waals surface area contributed by atoms with Crippen LogP contribution in [-0.4, -0.2) is 43.3 Å². The maximum absolute atomic E-state index is 11.3. The van der Waals surface area contributed by atoms with Crippen molar-refractivity contribution in [1.82, 2.24) is 0 Å². The first-order valence-electron chi connectivity index (χ1n) is 5.66. The van der Waals surface area contributed by atoms with Gasteiger partial charge >= 0.3 is 5.97 Å². The summed E-state index contributed by atoms with van der Waals surface area (Å²) in [5.74, 6) is 3.44. The van der Waals surface area contributed by atoms with Crippen LogP contribution >= 0.6 is 0 Å². The molecule has 0 radical (unpaired) electrons. The van der Waals surface area contributed by atoms with Gasteiger partial charge in [0, 0.05) is 24.4 Å². The molecule has 3 heterocycles. The summed E-state index contributed by atoms with van der Waals surface area (Å²) in [6.45, 7) is 3.56. The molecule has 17 heavy (non-hydrogen) atoms. The van der Waals surface area contributed by atoms with E-state index in [4.69, 9.17) is 19.3 Å². The number of hydrogen-bond acceptors (Lipinski definition) is 5. The quantitative estimate of drug-likeness (QED) is 0.558. The number of aliphatic hydroxyl groups excluding tert-OH is 1. The van der Waals surface area contributed by atoms with Crippen LogP contribution in [0.25, 0.3) is 0 Å². The molecule has 0 aliphatic carbocycles. The van der Waals surface area contributed by atoms with Gasteiger partial charge in [-0.05, 0) is 12.3 Å². The number of carbonyl (C=O) groups is 1. The summed E-state index contributed by atoms with van der Waals surface area (Å²) < 4.78 is 16.2. The van der Waals surface area contributed by atoms with Gasteiger partial charge in [0.1, 0.15) is 0 Å². The van der Waals surface area contributed by atoms with Crippen molar-refractivity contribution in [3.8, 4) is 11.8 Å². The monoisotopic (exact) mass is 240 g/mol. The topological polar surface area (TPSA) is 65.0 Å². The second-order valence-electron chi connectivity index (χ2n) is 4.73. The Morgan fingerprint density at radius 2 is 1.88 bits per heavy atom. The van der Waals surface area contributed by atoms with Gasteiger partial charge in [-0.25, -0.2) is 0 Å². The Morgan fingerprint density at radius 1 is 1.29 bits per heavy atom.